The third-order valence-corrected chi connectivity index (χ3v) is 4.76. The Morgan fingerprint density at radius 2 is 0.923 bits per heavy atom. The van der Waals surface area contributed by atoms with Crippen LogP contribution >= 0.6 is 7.82 Å². The number of phosphoric acid groups is 1. The van der Waals surface area contributed by atoms with E-state index >= 15 is 0 Å². The fraction of sp³-hybridized carbons (Fsp3) is 1.00. The number of hydrogen-bond acceptors (Lipinski definition) is 2. The van der Waals surface area contributed by atoms with Gasteiger partial charge in [0.1, 0.15) is 0 Å². The van der Waals surface area contributed by atoms with E-state index in [1.54, 1.807) is 0 Å². The zero-order chi connectivity index (χ0) is 20.3. The van der Waals surface area contributed by atoms with Crippen molar-refractivity contribution < 1.29 is 19.2 Å². The Kier molecular flexibility index (Phi) is 21.6. The van der Waals surface area contributed by atoms with Crippen molar-refractivity contribution in [3.05, 3.63) is 0 Å². The highest BCUT2D eigenvalue weighted by atomic mass is 31.2. The molecule has 0 amide bonds. The second kappa shape index (κ2) is 19.8. The van der Waals surface area contributed by atoms with Gasteiger partial charge in [-0.05, 0) is 26.9 Å². The Morgan fingerprint density at radius 1 is 0.654 bits per heavy atom. The zero-order valence-corrected chi connectivity index (χ0v) is 18.7. The average molecular weight is 396 g/mol. The first-order chi connectivity index (χ1) is 12.2. The van der Waals surface area contributed by atoms with Crippen molar-refractivity contribution in [3.63, 3.8) is 0 Å². The molecule has 0 aliphatic carbocycles. The van der Waals surface area contributed by atoms with E-state index in [1.165, 1.54) is 96.3 Å². The van der Waals surface area contributed by atoms with Gasteiger partial charge < -0.3 is 19.6 Å². The van der Waals surface area contributed by atoms with Crippen molar-refractivity contribution in [3.8, 4) is 0 Å². The summed E-state index contributed by atoms with van der Waals surface area (Å²) in [5, 5.41) is 0. The van der Waals surface area contributed by atoms with E-state index in [1.807, 2.05) is 0 Å². The maximum Gasteiger partial charge on any atom is 0.466 e. The highest BCUT2D eigenvalue weighted by molar-refractivity contribution is 7.45. The molecule has 3 N–H and O–H groups in total. The molecule has 6 heteroatoms. The molecule has 1 unspecified atom stereocenters. The van der Waals surface area contributed by atoms with E-state index in [9.17, 15) is 0 Å². The minimum absolute atomic E-state index is 0.825. The minimum Gasteiger partial charge on any atom is -0.306 e. The zero-order valence-electron chi connectivity index (χ0n) is 17.8. The molecule has 0 bridgehead atoms. The van der Waals surface area contributed by atoms with E-state index in [0.717, 1.165) is 6.04 Å². The van der Waals surface area contributed by atoms with Gasteiger partial charge in [-0.25, -0.2) is 4.57 Å². The molecule has 1 atom stereocenters. The maximum absolute atomic E-state index is 8.88. The third kappa shape index (κ3) is 28.9. The quantitative estimate of drug-likeness (QED) is 0.225. The lowest BCUT2D eigenvalue weighted by Gasteiger charge is -2.24. The molecule has 0 rings (SSSR count). The van der Waals surface area contributed by atoms with Gasteiger partial charge in [-0.15, -0.1) is 0 Å². The molecular weight excluding hydrogens is 349 g/mol. The van der Waals surface area contributed by atoms with Crippen LogP contribution in [-0.2, 0) is 4.57 Å². The summed E-state index contributed by atoms with van der Waals surface area (Å²) >= 11 is 0. The summed E-state index contributed by atoms with van der Waals surface area (Å²) in [7, 11) is -0.125. The Bertz CT molecular complexity index is 313. The summed E-state index contributed by atoms with van der Waals surface area (Å²) in [6, 6.07) is 0.825. The molecule has 0 fully saturated rings. The van der Waals surface area contributed by atoms with Crippen LogP contribution in [0.5, 0.6) is 0 Å². The van der Waals surface area contributed by atoms with Gasteiger partial charge in [0.05, 0.1) is 0 Å². The number of unbranched alkanes of at least 4 members (excludes halogenated alkanes) is 11. The fourth-order valence-corrected chi connectivity index (χ4v) is 3.16. The topological polar surface area (TPSA) is 81.0 Å². The predicted octanol–water partition coefficient (Wildman–Crippen LogP) is 5.88. The van der Waals surface area contributed by atoms with Crippen molar-refractivity contribution in [1.29, 1.82) is 0 Å². The third-order valence-electron chi connectivity index (χ3n) is 4.76. The lowest BCUT2D eigenvalue weighted by molar-refractivity contribution is 0.252. The van der Waals surface area contributed by atoms with Crippen LogP contribution in [0.4, 0.5) is 0 Å². The highest BCUT2D eigenvalue weighted by Gasteiger charge is 2.10. The normalized spacial score (nSPS) is 12.8. The van der Waals surface area contributed by atoms with E-state index in [0.29, 0.717) is 0 Å². The molecule has 0 aromatic carbocycles. The molecule has 0 aliphatic rings. The second-order valence-corrected chi connectivity index (χ2v) is 8.62. The van der Waals surface area contributed by atoms with Gasteiger partial charge in [0.2, 0.25) is 0 Å². The van der Waals surface area contributed by atoms with E-state index < -0.39 is 7.82 Å². The molecule has 26 heavy (non-hydrogen) atoms. The summed E-state index contributed by atoms with van der Waals surface area (Å²) in [6.07, 6.45) is 21.5. The SMILES string of the molecule is CCCCCCCCCCCCC(CCCCC)N(C)C.O=P(O)(O)O. The van der Waals surface area contributed by atoms with Crippen LogP contribution < -0.4 is 0 Å². The van der Waals surface area contributed by atoms with Gasteiger partial charge in [0, 0.05) is 6.04 Å². The van der Waals surface area contributed by atoms with Crippen LogP contribution in [0.3, 0.4) is 0 Å². The molecule has 0 aromatic heterocycles. The molecule has 0 spiro atoms. The van der Waals surface area contributed by atoms with Crippen LogP contribution in [-0.4, -0.2) is 39.7 Å². The minimum atomic E-state index is -4.64. The Hall–Kier alpha value is 0.0700. The first kappa shape index (κ1) is 28.3. The molecule has 0 saturated carbocycles. The van der Waals surface area contributed by atoms with Gasteiger partial charge in [0.25, 0.3) is 0 Å². The lowest BCUT2D eigenvalue weighted by Crippen LogP contribution is -2.27. The fourth-order valence-electron chi connectivity index (χ4n) is 3.16. The first-order valence-corrected chi connectivity index (χ1v) is 12.2. The predicted molar refractivity (Wildman–Crippen MR) is 112 cm³/mol. The molecular formula is C20H46NO4P. The molecule has 0 radical (unpaired) electrons. The number of hydrogen-bond donors (Lipinski definition) is 3. The number of rotatable bonds is 16. The Balaban J connectivity index is 0. The summed E-state index contributed by atoms with van der Waals surface area (Å²) in [5.74, 6) is 0. The molecule has 0 heterocycles. The Morgan fingerprint density at radius 3 is 1.27 bits per heavy atom. The first-order valence-electron chi connectivity index (χ1n) is 10.7. The van der Waals surface area contributed by atoms with Gasteiger partial charge in [-0.2, -0.15) is 0 Å². The van der Waals surface area contributed by atoms with Crippen molar-refractivity contribution in [2.75, 3.05) is 14.1 Å². The van der Waals surface area contributed by atoms with Crippen LogP contribution in [0.1, 0.15) is 110 Å². The van der Waals surface area contributed by atoms with Crippen LogP contribution in [0, 0.1) is 0 Å². The van der Waals surface area contributed by atoms with E-state index in [2.05, 4.69) is 32.8 Å². The Labute approximate surface area is 162 Å². The molecule has 0 saturated heterocycles. The summed E-state index contributed by atoms with van der Waals surface area (Å²) in [4.78, 5) is 24.0. The van der Waals surface area contributed by atoms with Gasteiger partial charge in [-0.3, -0.25) is 0 Å². The van der Waals surface area contributed by atoms with Crippen LogP contribution in [0.25, 0.3) is 0 Å². The summed E-state index contributed by atoms with van der Waals surface area (Å²) < 4.78 is 8.88. The van der Waals surface area contributed by atoms with Gasteiger partial charge in [-0.1, -0.05) is 97.3 Å². The van der Waals surface area contributed by atoms with E-state index in [-0.39, 0.29) is 0 Å². The van der Waals surface area contributed by atoms with Crippen molar-refractivity contribution in [1.82, 2.24) is 4.90 Å². The smallest absolute Gasteiger partial charge is 0.306 e. The molecule has 160 valence electrons. The van der Waals surface area contributed by atoms with Gasteiger partial charge in [0.15, 0.2) is 0 Å². The van der Waals surface area contributed by atoms with Crippen LogP contribution in [0.15, 0.2) is 0 Å². The van der Waals surface area contributed by atoms with Crippen LogP contribution in [0.2, 0.25) is 0 Å². The summed E-state index contributed by atoms with van der Waals surface area (Å²) in [5.41, 5.74) is 0. The molecule has 0 aromatic rings. The monoisotopic (exact) mass is 395 g/mol. The lowest BCUT2D eigenvalue weighted by atomic mass is 10.00. The second-order valence-electron chi connectivity index (χ2n) is 7.60. The van der Waals surface area contributed by atoms with Crippen molar-refractivity contribution in [2.24, 2.45) is 0 Å². The highest BCUT2D eigenvalue weighted by Crippen LogP contribution is 2.25. The summed E-state index contributed by atoms with van der Waals surface area (Å²) in [6.45, 7) is 4.59. The maximum atomic E-state index is 8.88. The van der Waals surface area contributed by atoms with Gasteiger partial charge >= 0.3 is 7.82 Å². The van der Waals surface area contributed by atoms with E-state index in [4.69, 9.17) is 19.2 Å². The van der Waals surface area contributed by atoms with Crippen molar-refractivity contribution in [2.45, 2.75) is 116 Å². The standard InChI is InChI=1S/C20H43N.H3O4P/c1-5-7-9-10-11-12-13-14-15-17-19-20(21(3)4)18-16-8-6-2;1-5(2,3)4/h20H,5-19H2,1-4H3;(H3,1,2,3,4). The largest absolute Gasteiger partial charge is 0.466 e. The molecule has 5 nitrogen and oxygen atoms in total. The number of nitrogens with zero attached hydrogens (tertiary/aromatic N) is 1. The molecule has 0 aliphatic heterocycles. The average Bonchev–Trinajstić information content (AvgIpc) is 2.53. The van der Waals surface area contributed by atoms with Crippen molar-refractivity contribution >= 4 is 7.82 Å².